The lowest BCUT2D eigenvalue weighted by molar-refractivity contribution is -0.0291. The predicted molar refractivity (Wildman–Crippen MR) is 160 cm³/mol. The van der Waals surface area contributed by atoms with E-state index in [4.69, 9.17) is 71.1 Å². The maximum Gasteiger partial charge on any atom is 0.104 e. The molecule has 2 heterocycles. The van der Waals surface area contributed by atoms with Gasteiger partial charge in [-0.15, -0.1) is 0 Å². The molecule has 0 aromatic rings. The number of hydrogen-bond donors (Lipinski definition) is 0. The van der Waals surface area contributed by atoms with E-state index >= 15 is 0 Å². The van der Waals surface area contributed by atoms with Crippen molar-refractivity contribution in [3.8, 4) is 0 Å². The van der Waals surface area contributed by atoms with Crippen LogP contribution in [0.4, 0.5) is 0 Å². The molecule has 2 fully saturated rings. The van der Waals surface area contributed by atoms with E-state index in [1.807, 2.05) is 0 Å². The minimum absolute atomic E-state index is 0.296. The van der Waals surface area contributed by atoms with Crippen LogP contribution in [0.25, 0.3) is 0 Å². The van der Waals surface area contributed by atoms with E-state index in [2.05, 4.69) is 0 Å². The van der Waals surface area contributed by atoms with Crippen molar-refractivity contribution < 1.29 is 71.1 Å². The molecule has 2 rings (SSSR count). The van der Waals surface area contributed by atoms with Gasteiger partial charge < -0.3 is 71.1 Å². The molecule has 0 spiro atoms. The Morgan fingerprint density at radius 3 is 0.511 bits per heavy atom. The maximum absolute atomic E-state index is 5.48. The summed E-state index contributed by atoms with van der Waals surface area (Å²) >= 11 is 0. The SMILES string of the molecule is C(COCCOCCOCCOCCOCCOCC1CO1)OCCOCCOCCOCCOCCOCCOCC1CO1. The van der Waals surface area contributed by atoms with Crippen LogP contribution in [0.1, 0.15) is 0 Å². The summed E-state index contributed by atoms with van der Waals surface area (Å²) in [5.74, 6) is 0. The Labute approximate surface area is 268 Å². The molecule has 0 aromatic heterocycles. The van der Waals surface area contributed by atoms with Crippen LogP contribution >= 0.6 is 0 Å². The van der Waals surface area contributed by atoms with Gasteiger partial charge in [-0.25, -0.2) is 0 Å². The first-order valence-corrected chi connectivity index (χ1v) is 16.2. The molecule has 0 amide bonds. The molecule has 0 saturated carbocycles. The highest BCUT2D eigenvalue weighted by molar-refractivity contribution is 4.67. The van der Waals surface area contributed by atoms with Crippen molar-refractivity contribution in [2.24, 2.45) is 0 Å². The van der Waals surface area contributed by atoms with Crippen molar-refractivity contribution in [3.05, 3.63) is 0 Å². The molecule has 15 heteroatoms. The minimum atomic E-state index is 0.296. The van der Waals surface area contributed by atoms with E-state index in [1.54, 1.807) is 0 Å². The zero-order valence-electron chi connectivity index (χ0n) is 27.1. The molecule has 2 atom stereocenters. The standard InChI is InChI=1S/C30H58O15/c1(3-32-5-7-34-9-11-36-13-15-38-17-19-40-21-23-42-25-29-27-44-29)31-2-4-33-6-8-35-10-12-37-14-16-39-18-20-41-22-24-43-26-30-28-45-30/h29-30H,1-28H2. The average Bonchev–Trinajstić information content (AvgIpc) is 3.99. The van der Waals surface area contributed by atoms with E-state index < -0.39 is 0 Å². The minimum Gasteiger partial charge on any atom is -0.377 e. The van der Waals surface area contributed by atoms with Crippen molar-refractivity contribution in [1.29, 1.82) is 0 Å². The van der Waals surface area contributed by atoms with Gasteiger partial charge in [0.2, 0.25) is 0 Å². The monoisotopic (exact) mass is 658 g/mol. The third-order valence-electron chi connectivity index (χ3n) is 5.88. The van der Waals surface area contributed by atoms with E-state index in [1.165, 1.54) is 0 Å². The predicted octanol–water partition coefficient (Wildman–Crippen LogP) is -0.000200. The smallest absolute Gasteiger partial charge is 0.104 e. The fraction of sp³-hybridized carbons (Fsp3) is 1.00. The molecular weight excluding hydrogens is 600 g/mol. The van der Waals surface area contributed by atoms with Crippen molar-refractivity contribution in [3.63, 3.8) is 0 Å². The van der Waals surface area contributed by atoms with Gasteiger partial charge in [0.05, 0.1) is 185 Å². The Hall–Kier alpha value is -0.600. The van der Waals surface area contributed by atoms with E-state index in [9.17, 15) is 0 Å². The van der Waals surface area contributed by atoms with Gasteiger partial charge in [-0.3, -0.25) is 0 Å². The van der Waals surface area contributed by atoms with Crippen molar-refractivity contribution >= 4 is 0 Å². The Balaban J connectivity index is 1.09. The fourth-order valence-corrected chi connectivity index (χ4v) is 3.29. The number of ether oxygens (including phenoxy) is 15. The molecule has 0 radical (unpaired) electrons. The first-order chi connectivity index (χ1) is 22.4. The van der Waals surface area contributed by atoms with Gasteiger partial charge in [0, 0.05) is 0 Å². The van der Waals surface area contributed by atoms with Crippen molar-refractivity contribution in [2.45, 2.75) is 12.2 Å². The van der Waals surface area contributed by atoms with E-state index in [0.717, 1.165) is 13.2 Å². The third kappa shape index (κ3) is 33.1. The Morgan fingerprint density at radius 1 is 0.244 bits per heavy atom. The second kappa shape index (κ2) is 33.3. The van der Waals surface area contributed by atoms with Gasteiger partial charge in [-0.05, 0) is 0 Å². The number of epoxide rings is 2. The van der Waals surface area contributed by atoms with Crippen molar-refractivity contribution in [1.82, 2.24) is 0 Å². The Morgan fingerprint density at radius 2 is 0.378 bits per heavy atom. The number of hydrogen-bond acceptors (Lipinski definition) is 15. The van der Waals surface area contributed by atoms with Gasteiger partial charge in [0.1, 0.15) is 12.2 Å². The fourth-order valence-electron chi connectivity index (χ4n) is 3.29. The van der Waals surface area contributed by atoms with Gasteiger partial charge in [-0.2, -0.15) is 0 Å². The van der Waals surface area contributed by atoms with Crippen LogP contribution in [-0.2, 0) is 71.1 Å². The van der Waals surface area contributed by atoms with Gasteiger partial charge >= 0.3 is 0 Å². The lowest BCUT2D eigenvalue weighted by atomic mass is 10.5. The van der Waals surface area contributed by atoms with Crippen LogP contribution in [0.5, 0.6) is 0 Å². The summed E-state index contributed by atoms with van der Waals surface area (Å²) < 4.78 is 80.9. The average molecular weight is 659 g/mol. The van der Waals surface area contributed by atoms with Gasteiger partial charge in [-0.1, -0.05) is 0 Å². The molecule has 2 aliphatic heterocycles. The summed E-state index contributed by atoms with van der Waals surface area (Å²) in [5, 5.41) is 0. The summed E-state index contributed by atoms with van der Waals surface area (Å²) in [4.78, 5) is 0. The summed E-state index contributed by atoms with van der Waals surface area (Å²) in [5.41, 5.74) is 0. The zero-order valence-corrected chi connectivity index (χ0v) is 27.1. The largest absolute Gasteiger partial charge is 0.377 e. The summed E-state index contributed by atoms with van der Waals surface area (Å²) in [6.45, 7) is 15.7. The normalized spacial score (nSPS) is 17.3. The van der Waals surface area contributed by atoms with Crippen LogP contribution < -0.4 is 0 Å². The lowest BCUT2D eigenvalue weighted by Crippen LogP contribution is -2.15. The molecule has 2 saturated heterocycles. The van der Waals surface area contributed by atoms with Crippen molar-refractivity contribution in [2.75, 3.05) is 185 Å². The molecule has 15 nitrogen and oxygen atoms in total. The quantitative estimate of drug-likeness (QED) is 0.0643. The van der Waals surface area contributed by atoms with Crippen LogP contribution in [0.3, 0.4) is 0 Å². The molecule has 268 valence electrons. The van der Waals surface area contributed by atoms with Crippen LogP contribution in [0.15, 0.2) is 0 Å². The topological polar surface area (TPSA) is 145 Å². The molecule has 2 unspecified atom stereocenters. The first-order valence-electron chi connectivity index (χ1n) is 16.2. The van der Waals surface area contributed by atoms with Gasteiger partial charge in [0.25, 0.3) is 0 Å². The van der Waals surface area contributed by atoms with Gasteiger partial charge in [0.15, 0.2) is 0 Å². The zero-order chi connectivity index (χ0) is 31.6. The lowest BCUT2D eigenvalue weighted by Gasteiger charge is -2.09. The molecular formula is C30H58O15. The molecule has 0 aliphatic carbocycles. The molecule has 2 aliphatic rings. The van der Waals surface area contributed by atoms with E-state index in [-0.39, 0.29) is 0 Å². The number of rotatable bonds is 40. The Kier molecular flexibility index (Phi) is 30.0. The maximum atomic E-state index is 5.48. The molecule has 0 N–H and O–H groups in total. The first kappa shape index (κ1) is 40.6. The van der Waals surface area contributed by atoms with E-state index in [0.29, 0.717) is 184 Å². The molecule has 0 bridgehead atoms. The van der Waals surface area contributed by atoms with Crippen LogP contribution in [-0.4, -0.2) is 197 Å². The summed E-state index contributed by atoms with van der Waals surface area (Å²) in [6, 6.07) is 0. The highest BCUT2D eigenvalue weighted by Crippen LogP contribution is 2.08. The second-order valence-electron chi connectivity index (χ2n) is 9.80. The van der Waals surface area contributed by atoms with Crippen LogP contribution in [0, 0.1) is 0 Å². The molecule has 0 aromatic carbocycles. The highest BCUT2D eigenvalue weighted by atomic mass is 16.6. The van der Waals surface area contributed by atoms with Crippen LogP contribution in [0.2, 0.25) is 0 Å². The summed E-state index contributed by atoms with van der Waals surface area (Å²) in [6.07, 6.45) is 0.592. The third-order valence-corrected chi connectivity index (χ3v) is 5.88. The second-order valence-corrected chi connectivity index (χ2v) is 9.80. The highest BCUT2D eigenvalue weighted by Gasteiger charge is 2.22. The molecule has 45 heavy (non-hydrogen) atoms. The Bertz CT molecular complexity index is 536. The summed E-state index contributed by atoms with van der Waals surface area (Å²) in [7, 11) is 0.